The third-order valence-electron chi connectivity index (χ3n) is 1.70. The zero-order valence-electron chi connectivity index (χ0n) is 7.57. The second-order valence-electron chi connectivity index (χ2n) is 2.72. The van der Waals surface area contributed by atoms with Gasteiger partial charge in [0.1, 0.15) is 15.8 Å². The van der Waals surface area contributed by atoms with Crippen LogP contribution in [0.4, 0.5) is 0 Å². The van der Waals surface area contributed by atoms with Crippen molar-refractivity contribution in [3.8, 4) is 0 Å². The van der Waals surface area contributed by atoms with Crippen molar-refractivity contribution >= 4 is 23.4 Å². The molecule has 0 amide bonds. The third kappa shape index (κ3) is 2.43. The second-order valence-corrected chi connectivity index (χ2v) is 4.06. The molecule has 6 heteroatoms. The average Bonchev–Trinajstić information content (AvgIpc) is 2.73. The molecule has 78 valence electrons. The number of halogens is 1. The van der Waals surface area contributed by atoms with Gasteiger partial charge in [0.25, 0.3) is 5.56 Å². The topological polar surface area (TPSA) is 58.9 Å². The lowest BCUT2D eigenvalue weighted by Crippen LogP contribution is -2.07. The van der Waals surface area contributed by atoms with Gasteiger partial charge in [-0.15, -0.1) is 0 Å². The van der Waals surface area contributed by atoms with Gasteiger partial charge in [-0.1, -0.05) is 23.4 Å². The summed E-state index contributed by atoms with van der Waals surface area (Å²) in [6.07, 6.45) is 2.93. The van der Waals surface area contributed by atoms with Gasteiger partial charge in [0.05, 0.1) is 18.3 Å². The van der Waals surface area contributed by atoms with E-state index in [1.807, 2.05) is 12.1 Å². The molecule has 2 rings (SSSR count). The molecule has 2 heterocycles. The molecule has 4 nitrogen and oxygen atoms in total. The number of hydrogen-bond donors (Lipinski definition) is 1. The average molecular weight is 243 g/mol. The van der Waals surface area contributed by atoms with Crippen molar-refractivity contribution in [2.45, 2.75) is 10.8 Å². The predicted octanol–water partition coefficient (Wildman–Crippen LogP) is 2.31. The van der Waals surface area contributed by atoms with E-state index in [9.17, 15) is 4.79 Å². The molecule has 0 spiro atoms. The number of thioether (sulfide) groups is 1. The summed E-state index contributed by atoms with van der Waals surface area (Å²) in [5, 5.41) is 0.630. The van der Waals surface area contributed by atoms with Crippen molar-refractivity contribution in [1.82, 2.24) is 9.97 Å². The number of nitrogens with zero attached hydrogens (tertiary/aromatic N) is 1. The maximum Gasteiger partial charge on any atom is 0.270 e. The molecule has 0 aliphatic heterocycles. The standard InChI is InChI=1S/C9H7ClN2O2S/c10-7-8(13)11-5-12-9(7)15-4-6-2-1-3-14-6/h1-3,5H,4H2,(H,11,12,13). The molecule has 2 aromatic heterocycles. The first kappa shape index (κ1) is 10.3. The van der Waals surface area contributed by atoms with E-state index in [-0.39, 0.29) is 10.6 Å². The molecule has 0 aromatic carbocycles. The lowest BCUT2D eigenvalue weighted by atomic mass is 10.5. The van der Waals surface area contributed by atoms with Crippen LogP contribution in [0.5, 0.6) is 0 Å². The summed E-state index contributed by atoms with van der Waals surface area (Å²) in [7, 11) is 0. The van der Waals surface area contributed by atoms with Crippen LogP contribution in [0.2, 0.25) is 5.02 Å². The van der Waals surface area contributed by atoms with E-state index in [1.54, 1.807) is 6.26 Å². The second kappa shape index (κ2) is 4.55. The Hall–Kier alpha value is -1.20. The molecule has 0 radical (unpaired) electrons. The van der Waals surface area contributed by atoms with Crippen LogP contribution >= 0.6 is 23.4 Å². The molecular formula is C9H7ClN2O2S. The molecule has 0 aliphatic rings. The summed E-state index contributed by atoms with van der Waals surface area (Å²) in [6, 6.07) is 3.66. The first-order valence-electron chi connectivity index (χ1n) is 4.16. The van der Waals surface area contributed by atoms with Gasteiger partial charge in [0.15, 0.2) is 0 Å². The summed E-state index contributed by atoms with van der Waals surface area (Å²) in [5.41, 5.74) is -0.325. The minimum atomic E-state index is -0.325. The lowest BCUT2D eigenvalue weighted by Gasteiger charge is -1.99. The Bertz CT molecular complexity index is 495. The van der Waals surface area contributed by atoms with Gasteiger partial charge in [-0.2, -0.15) is 0 Å². The number of furan rings is 1. The van der Waals surface area contributed by atoms with Crippen molar-refractivity contribution in [2.24, 2.45) is 0 Å². The highest BCUT2D eigenvalue weighted by Crippen LogP contribution is 2.24. The van der Waals surface area contributed by atoms with Crippen molar-refractivity contribution in [3.05, 3.63) is 45.9 Å². The SMILES string of the molecule is O=c1[nH]cnc(SCc2ccco2)c1Cl. The van der Waals surface area contributed by atoms with E-state index in [1.165, 1.54) is 18.1 Å². The predicted molar refractivity (Wildman–Crippen MR) is 58.1 cm³/mol. The first-order chi connectivity index (χ1) is 7.27. The fourth-order valence-corrected chi connectivity index (χ4v) is 2.06. The van der Waals surface area contributed by atoms with Crippen LogP contribution in [-0.4, -0.2) is 9.97 Å². The van der Waals surface area contributed by atoms with E-state index in [4.69, 9.17) is 16.0 Å². The zero-order valence-corrected chi connectivity index (χ0v) is 9.14. The van der Waals surface area contributed by atoms with Crippen LogP contribution in [0.3, 0.4) is 0 Å². The smallest absolute Gasteiger partial charge is 0.270 e. The van der Waals surface area contributed by atoms with Gasteiger partial charge >= 0.3 is 0 Å². The van der Waals surface area contributed by atoms with Crippen molar-refractivity contribution in [3.63, 3.8) is 0 Å². The maximum absolute atomic E-state index is 11.1. The molecular weight excluding hydrogens is 236 g/mol. The fourth-order valence-electron chi connectivity index (χ4n) is 1.00. The number of rotatable bonds is 3. The van der Waals surface area contributed by atoms with Gasteiger partial charge < -0.3 is 9.40 Å². The minimum Gasteiger partial charge on any atom is -0.468 e. The van der Waals surface area contributed by atoms with Gasteiger partial charge in [-0.05, 0) is 12.1 Å². The Morgan fingerprint density at radius 1 is 1.60 bits per heavy atom. The Morgan fingerprint density at radius 3 is 3.20 bits per heavy atom. The molecule has 2 aromatic rings. The highest BCUT2D eigenvalue weighted by atomic mass is 35.5. The number of aromatic nitrogens is 2. The highest BCUT2D eigenvalue weighted by Gasteiger charge is 2.07. The summed E-state index contributed by atoms with van der Waals surface area (Å²) >= 11 is 7.14. The van der Waals surface area contributed by atoms with Crippen LogP contribution in [0.25, 0.3) is 0 Å². The number of H-pyrrole nitrogens is 1. The van der Waals surface area contributed by atoms with Crippen molar-refractivity contribution in [1.29, 1.82) is 0 Å². The fraction of sp³-hybridized carbons (Fsp3) is 0.111. The molecule has 0 bridgehead atoms. The van der Waals surface area contributed by atoms with Crippen molar-refractivity contribution in [2.75, 3.05) is 0 Å². The van der Waals surface area contributed by atoms with Crippen LogP contribution in [0, 0.1) is 0 Å². The van der Waals surface area contributed by atoms with Crippen LogP contribution < -0.4 is 5.56 Å². The largest absolute Gasteiger partial charge is 0.468 e. The maximum atomic E-state index is 11.1. The molecule has 0 fully saturated rings. The minimum absolute atomic E-state index is 0.119. The van der Waals surface area contributed by atoms with E-state index in [0.29, 0.717) is 10.8 Å². The Kier molecular flexibility index (Phi) is 3.13. The molecule has 15 heavy (non-hydrogen) atoms. The van der Waals surface area contributed by atoms with Crippen LogP contribution in [-0.2, 0) is 5.75 Å². The van der Waals surface area contributed by atoms with Gasteiger partial charge in [-0.25, -0.2) is 4.98 Å². The molecule has 0 saturated heterocycles. The Labute approximate surface area is 94.7 Å². The third-order valence-corrected chi connectivity index (χ3v) is 3.17. The monoisotopic (exact) mass is 242 g/mol. The summed E-state index contributed by atoms with van der Waals surface area (Å²) in [5.74, 6) is 1.42. The molecule has 0 atom stereocenters. The van der Waals surface area contributed by atoms with E-state index in [0.717, 1.165) is 5.76 Å². The van der Waals surface area contributed by atoms with Gasteiger partial charge in [0.2, 0.25) is 0 Å². The lowest BCUT2D eigenvalue weighted by molar-refractivity contribution is 0.530. The summed E-state index contributed by atoms with van der Waals surface area (Å²) < 4.78 is 5.15. The van der Waals surface area contributed by atoms with E-state index < -0.39 is 0 Å². The Balaban J connectivity index is 2.12. The molecule has 0 unspecified atom stereocenters. The van der Waals surface area contributed by atoms with E-state index >= 15 is 0 Å². The van der Waals surface area contributed by atoms with Crippen LogP contribution in [0.1, 0.15) is 5.76 Å². The van der Waals surface area contributed by atoms with Gasteiger partial charge in [-0.3, -0.25) is 4.79 Å². The molecule has 0 saturated carbocycles. The summed E-state index contributed by atoms with van der Waals surface area (Å²) in [4.78, 5) is 17.5. The number of nitrogens with one attached hydrogen (secondary N) is 1. The van der Waals surface area contributed by atoms with Gasteiger partial charge in [0, 0.05) is 0 Å². The quantitative estimate of drug-likeness (QED) is 0.663. The normalized spacial score (nSPS) is 10.5. The number of aromatic amines is 1. The summed E-state index contributed by atoms with van der Waals surface area (Å²) in [6.45, 7) is 0. The van der Waals surface area contributed by atoms with Crippen LogP contribution in [0.15, 0.2) is 39.0 Å². The molecule has 1 N–H and O–H groups in total. The van der Waals surface area contributed by atoms with E-state index in [2.05, 4.69) is 9.97 Å². The number of hydrogen-bond acceptors (Lipinski definition) is 4. The molecule has 0 aliphatic carbocycles. The first-order valence-corrected chi connectivity index (χ1v) is 5.52. The Morgan fingerprint density at radius 2 is 2.47 bits per heavy atom. The zero-order chi connectivity index (χ0) is 10.7. The highest BCUT2D eigenvalue weighted by molar-refractivity contribution is 7.98. The van der Waals surface area contributed by atoms with Crippen molar-refractivity contribution < 1.29 is 4.42 Å².